The van der Waals surface area contributed by atoms with Crippen molar-refractivity contribution in [1.82, 2.24) is 9.78 Å². The quantitative estimate of drug-likeness (QED) is 0.920. The number of halogens is 2. The van der Waals surface area contributed by atoms with Crippen molar-refractivity contribution < 1.29 is 4.79 Å². The average molecular weight is 343 g/mol. The molecule has 19 heavy (non-hydrogen) atoms. The third kappa shape index (κ3) is 2.98. The topological polar surface area (TPSA) is 46.9 Å². The molecule has 1 amide bonds. The molecule has 0 unspecified atom stereocenters. The van der Waals surface area contributed by atoms with Gasteiger partial charge in [-0.05, 0) is 47.5 Å². The number of nitrogens with zero attached hydrogens (tertiary/aromatic N) is 2. The molecule has 0 saturated heterocycles. The zero-order chi connectivity index (χ0) is 14.0. The van der Waals surface area contributed by atoms with Crippen LogP contribution < -0.4 is 5.32 Å². The van der Waals surface area contributed by atoms with Crippen LogP contribution in [0.4, 0.5) is 5.69 Å². The SMILES string of the molecule is CCn1ncc(Cl)c1C(=O)Nc1ccc(C)cc1Br. The Morgan fingerprint density at radius 2 is 2.26 bits per heavy atom. The van der Waals surface area contributed by atoms with Crippen LogP contribution in [0.15, 0.2) is 28.9 Å². The molecule has 0 atom stereocenters. The smallest absolute Gasteiger partial charge is 0.275 e. The molecular formula is C13H13BrClN3O. The largest absolute Gasteiger partial charge is 0.320 e. The summed E-state index contributed by atoms with van der Waals surface area (Å²) in [6, 6.07) is 5.71. The van der Waals surface area contributed by atoms with Gasteiger partial charge in [-0.2, -0.15) is 5.10 Å². The molecule has 2 aromatic rings. The van der Waals surface area contributed by atoms with E-state index in [1.807, 2.05) is 32.0 Å². The molecular weight excluding hydrogens is 330 g/mol. The first kappa shape index (κ1) is 14.1. The molecule has 1 heterocycles. The molecule has 6 heteroatoms. The van der Waals surface area contributed by atoms with Gasteiger partial charge in [0.2, 0.25) is 0 Å². The highest BCUT2D eigenvalue weighted by atomic mass is 79.9. The van der Waals surface area contributed by atoms with Crippen molar-refractivity contribution in [3.8, 4) is 0 Å². The molecule has 2 rings (SSSR count). The van der Waals surface area contributed by atoms with Crippen molar-refractivity contribution in [1.29, 1.82) is 0 Å². The number of carbonyl (C=O) groups excluding carboxylic acids is 1. The minimum absolute atomic E-state index is 0.270. The normalized spacial score (nSPS) is 10.5. The van der Waals surface area contributed by atoms with E-state index in [9.17, 15) is 4.79 Å². The minimum Gasteiger partial charge on any atom is -0.320 e. The van der Waals surface area contributed by atoms with Gasteiger partial charge in [0, 0.05) is 11.0 Å². The highest BCUT2D eigenvalue weighted by Crippen LogP contribution is 2.25. The summed E-state index contributed by atoms with van der Waals surface area (Å²) < 4.78 is 2.40. The Morgan fingerprint density at radius 1 is 1.53 bits per heavy atom. The highest BCUT2D eigenvalue weighted by Gasteiger charge is 2.17. The van der Waals surface area contributed by atoms with E-state index < -0.39 is 0 Å². The molecule has 0 fully saturated rings. The van der Waals surface area contributed by atoms with E-state index >= 15 is 0 Å². The summed E-state index contributed by atoms with van der Waals surface area (Å²) in [7, 11) is 0. The fraction of sp³-hybridized carbons (Fsp3) is 0.231. The lowest BCUT2D eigenvalue weighted by atomic mass is 10.2. The van der Waals surface area contributed by atoms with Gasteiger partial charge in [-0.15, -0.1) is 0 Å². The Labute approximate surface area is 124 Å². The molecule has 1 N–H and O–H groups in total. The van der Waals surface area contributed by atoms with Crippen molar-refractivity contribution in [3.63, 3.8) is 0 Å². The molecule has 0 aliphatic rings. The first-order valence-corrected chi connectivity index (χ1v) is 6.98. The molecule has 4 nitrogen and oxygen atoms in total. The van der Waals surface area contributed by atoms with Gasteiger partial charge >= 0.3 is 0 Å². The third-order valence-corrected chi connectivity index (χ3v) is 3.61. The van der Waals surface area contributed by atoms with Gasteiger partial charge in [-0.25, -0.2) is 0 Å². The molecule has 0 radical (unpaired) electrons. The summed E-state index contributed by atoms with van der Waals surface area (Å²) in [5, 5.41) is 7.22. The summed E-state index contributed by atoms with van der Waals surface area (Å²) in [5.74, 6) is -0.270. The number of amides is 1. The van der Waals surface area contributed by atoms with E-state index in [0.717, 1.165) is 10.0 Å². The second-order valence-corrected chi connectivity index (χ2v) is 5.36. The average Bonchev–Trinajstić information content (AvgIpc) is 2.74. The van der Waals surface area contributed by atoms with E-state index in [-0.39, 0.29) is 5.91 Å². The van der Waals surface area contributed by atoms with Gasteiger partial charge in [0.25, 0.3) is 5.91 Å². The molecule has 0 aliphatic carbocycles. The van der Waals surface area contributed by atoms with Crippen LogP contribution >= 0.6 is 27.5 Å². The van der Waals surface area contributed by atoms with Gasteiger partial charge in [-0.1, -0.05) is 17.7 Å². The number of aryl methyl sites for hydroxylation is 2. The molecule has 0 saturated carbocycles. The van der Waals surface area contributed by atoms with Gasteiger partial charge < -0.3 is 5.32 Å². The Hall–Kier alpha value is -1.33. The molecule has 0 bridgehead atoms. The fourth-order valence-corrected chi connectivity index (χ4v) is 2.55. The first-order chi connectivity index (χ1) is 9.02. The summed E-state index contributed by atoms with van der Waals surface area (Å²) in [4.78, 5) is 12.2. The number of rotatable bonds is 3. The first-order valence-electron chi connectivity index (χ1n) is 5.81. The monoisotopic (exact) mass is 341 g/mol. The maximum atomic E-state index is 12.2. The van der Waals surface area contributed by atoms with Crippen molar-refractivity contribution in [2.75, 3.05) is 5.32 Å². The number of benzene rings is 1. The Bertz CT molecular complexity index is 624. The predicted octanol–water partition coefficient (Wildman–Crippen LogP) is 3.88. The van der Waals surface area contributed by atoms with Gasteiger partial charge in [-0.3, -0.25) is 9.48 Å². The van der Waals surface area contributed by atoms with Crippen LogP contribution in [0.25, 0.3) is 0 Å². The summed E-state index contributed by atoms with van der Waals surface area (Å²) in [6.07, 6.45) is 1.48. The second-order valence-electron chi connectivity index (χ2n) is 4.09. The highest BCUT2D eigenvalue weighted by molar-refractivity contribution is 9.10. The zero-order valence-corrected chi connectivity index (χ0v) is 12.9. The number of anilines is 1. The maximum Gasteiger partial charge on any atom is 0.275 e. The zero-order valence-electron chi connectivity index (χ0n) is 10.6. The molecule has 0 aliphatic heterocycles. The standard InChI is InChI=1S/C13H13BrClN3O/c1-3-18-12(10(15)7-16-18)13(19)17-11-5-4-8(2)6-9(11)14/h4-7H,3H2,1-2H3,(H,17,19). The Morgan fingerprint density at radius 3 is 2.89 bits per heavy atom. The van der Waals surface area contributed by atoms with Crippen molar-refractivity contribution in [2.45, 2.75) is 20.4 Å². The van der Waals surface area contributed by atoms with Gasteiger partial charge in [0.1, 0.15) is 5.69 Å². The maximum absolute atomic E-state index is 12.2. The van der Waals surface area contributed by atoms with E-state index in [1.54, 1.807) is 4.68 Å². The minimum atomic E-state index is -0.270. The lowest BCUT2D eigenvalue weighted by Crippen LogP contribution is -2.18. The van der Waals surface area contributed by atoms with Crippen LogP contribution in [0, 0.1) is 6.92 Å². The number of aromatic nitrogens is 2. The number of nitrogens with one attached hydrogen (secondary N) is 1. The Balaban J connectivity index is 2.28. The predicted molar refractivity (Wildman–Crippen MR) is 79.7 cm³/mol. The van der Waals surface area contributed by atoms with Crippen LogP contribution in [-0.4, -0.2) is 15.7 Å². The van der Waals surface area contributed by atoms with Crippen LogP contribution in [0.2, 0.25) is 5.02 Å². The van der Waals surface area contributed by atoms with Crippen LogP contribution in [0.5, 0.6) is 0 Å². The van der Waals surface area contributed by atoms with E-state index in [1.165, 1.54) is 6.20 Å². The van der Waals surface area contributed by atoms with Crippen molar-refractivity contribution >= 4 is 39.1 Å². The fourth-order valence-electron chi connectivity index (χ4n) is 1.73. The second kappa shape index (κ2) is 5.75. The van der Waals surface area contributed by atoms with Crippen LogP contribution in [0.1, 0.15) is 23.0 Å². The Kier molecular flexibility index (Phi) is 4.27. The molecule has 1 aromatic carbocycles. The van der Waals surface area contributed by atoms with Crippen molar-refractivity contribution in [2.24, 2.45) is 0 Å². The summed E-state index contributed by atoms with van der Waals surface area (Å²) >= 11 is 9.42. The number of carbonyl (C=O) groups is 1. The lowest BCUT2D eigenvalue weighted by molar-refractivity contribution is 0.101. The lowest BCUT2D eigenvalue weighted by Gasteiger charge is -2.09. The van der Waals surface area contributed by atoms with Gasteiger partial charge in [0.05, 0.1) is 16.9 Å². The number of hydrogen-bond donors (Lipinski definition) is 1. The van der Waals surface area contributed by atoms with Crippen LogP contribution in [-0.2, 0) is 6.54 Å². The van der Waals surface area contributed by atoms with Gasteiger partial charge in [0.15, 0.2) is 0 Å². The van der Waals surface area contributed by atoms with Crippen molar-refractivity contribution in [3.05, 3.63) is 45.1 Å². The molecule has 100 valence electrons. The molecule has 1 aromatic heterocycles. The summed E-state index contributed by atoms with van der Waals surface area (Å²) in [5.41, 5.74) is 2.19. The summed E-state index contributed by atoms with van der Waals surface area (Å²) in [6.45, 7) is 4.48. The molecule has 0 spiro atoms. The van der Waals surface area contributed by atoms with Crippen LogP contribution in [0.3, 0.4) is 0 Å². The number of hydrogen-bond acceptors (Lipinski definition) is 2. The van der Waals surface area contributed by atoms with E-state index in [4.69, 9.17) is 11.6 Å². The third-order valence-electron chi connectivity index (χ3n) is 2.68. The van der Waals surface area contributed by atoms with E-state index in [0.29, 0.717) is 22.9 Å². The van der Waals surface area contributed by atoms with E-state index in [2.05, 4.69) is 26.3 Å².